The van der Waals surface area contributed by atoms with E-state index in [4.69, 9.17) is 0 Å². The van der Waals surface area contributed by atoms with E-state index in [9.17, 15) is 15.0 Å². The van der Waals surface area contributed by atoms with Gasteiger partial charge in [-0.15, -0.1) is 0 Å². The van der Waals surface area contributed by atoms with Gasteiger partial charge in [-0.2, -0.15) is 0 Å². The van der Waals surface area contributed by atoms with Gasteiger partial charge in [-0.25, -0.2) is 0 Å². The topological polar surface area (TPSA) is 70.0 Å². The lowest BCUT2D eigenvalue weighted by atomic mass is 10.0. The van der Waals surface area contributed by atoms with Crippen LogP contribution in [0.1, 0.15) is 57.4 Å². The number of hydrogen-bond donors (Lipinski definition) is 2. The Balaban J connectivity index is 2.57. The lowest BCUT2D eigenvalue weighted by Crippen LogP contribution is -2.39. The minimum atomic E-state index is -0.576. The number of aliphatic hydroxyl groups is 2. The van der Waals surface area contributed by atoms with Crippen molar-refractivity contribution in [3.8, 4) is 0 Å². The summed E-state index contributed by atoms with van der Waals surface area (Å²) < 4.78 is 4.59. The molecule has 0 heterocycles. The highest BCUT2D eigenvalue weighted by Gasteiger charge is 2.20. The molecule has 1 aromatic rings. The van der Waals surface area contributed by atoms with Crippen LogP contribution in [0.2, 0.25) is 0 Å². The van der Waals surface area contributed by atoms with Gasteiger partial charge in [0.05, 0.1) is 25.4 Å². The van der Waals surface area contributed by atoms with Gasteiger partial charge in [0.2, 0.25) is 0 Å². The van der Waals surface area contributed by atoms with Crippen LogP contribution in [0.15, 0.2) is 78.9 Å². The number of ether oxygens (including phenoxy) is 1. The van der Waals surface area contributed by atoms with E-state index < -0.39 is 12.2 Å². The molecule has 2 N–H and O–H groups in total. The van der Waals surface area contributed by atoms with Crippen LogP contribution in [-0.4, -0.2) is 53.5 Å². The van der Waals surface area contributed by atoms with E-state index in [1.807, 2.05) is 48.6 Å². The van der Waals surface area contributed by atoms with E-state index in [0.29, 0.717) is 19.3 Å². The van der Waals surface area contributed by atoms with Crippen molar-refractivity contribution in [2.45, 2.75) is 76.7 Å². The normalized spacial score (nSPS) is 15.1. The van der Waals surface area contributed by atoms with Crippen molar-refractivity contribution in [3.05, 3.63) is 84.5 Å². The molecule has 0 radical (unpaired) electrons. The zero-order chi connectivity index (χ0) is 25.0. The third-order valence-corrected chi connectivity index (χ3v) is 5.59. The zero-order valence-electron chi connectivity index (χ0n) is 21.1. The van der Waals surface area contributed by atoms with Crippen LogP contribution in [0.5, 0.6) is 0 Å². The Labute approximate surface area is 206 Å². The molecular formula is C29H43NO4. The first-order valence-electron chi connectivity index (χ1n) is 12.3. The fraction of sp³-hybridized carbons (Fsp3) is 0.483. The largest absolute Gasteiger partial charge is 0.469 e. The predicted molar refractivity (Wildman–Crippen MR) is 140 cm³/mol. The molecular weight excluding hydrogens is 426 g/mol. The summed E-state index contributed by atoms with van der Waals surface area (Å²) in [6.07, 6.45) is 19.7. The van der Waals surface area contributed by atoms with Crippen molar-refractivity contribution < 1.29 is 19.7 Å². The van der Waals surface area contributed by atoms with Crippen LogP contribution in [0.3, 0.4) is 0 Å². The van der Waals surface area contributed by atoms with Crippen molar-refractivity contribution in [1.82, 2.24) is 4.90 Å². The maximum absolute atomic E-state index is 11.1. The molecule has 0 spiro atoms. The van der Waals surface area contributed by atoms with Crippen LogP contribution in [-0.2, 0) is 16.1 Å². The maximum Gasteiger partial charge on any atom is 0.305 e. The van der Waals surface area contributed by atoms with Crippen molar-refractivity contribution >= 4 is 5.97 Å². The second-order valence-corrected chi connectivity index (χ2v) is 8.53. The summed E-state index contributed by atoms with van der Waals surface area (Å²) in [7, 11) is 3.42. The first-order valence-corrected chi connectivity index (χ1v) is 12.3. The zero-order valence-corrected chi connectivity index (χ0v) is 21.1. The number of rotatable bonds is 17. The molecule has 0 aromatic heterocycles. The van der Waals surface area contributed by atoms with Gasteiger partial charge in [-0.3, -0.25) is 9.69 Å². The van der Waals surface area contributed by atoms with Crippen molar-refractivity contribution in [2.75, 3.05) is 14.2 Å². The smallest absolute Gasteiger partial charge is 0.305 e. The molecule has 0 saturated carbocycles. The maximum atomic E-state index is 11.1. The molecule has 34 heavy (non-hydrogen) atoms. The Morgan fingerprint density at radius 3 is 2.24 bits per heavy atom. The Hall–Kier alpha value is -2.47. The summed E-state index contributed by atoms with van der Waals surface area (Å²) in [5, 5.41) is 20.7. The summed E-state index contributed by atoms with van der Waals surface area (Å²) in [5.74, 6) is -0.253. The molecule has 188 valence electrons. The molecule has 0 unspecified atom stereocenters. The Bertz CT molecular complexity index is 770. The summed E-state index contributed by atoms with van der Waals surface area (Å²) in [5.41, 5.74) is 1.22. The molecule has 0 fully saturated rings. The first-order chi connectivity index (χ1) is 16.5. The lowest BCUT2D eigenvalue weighted by Gasteiger charge is -2.30. The van der Waals surface area contributed by atoms with Gasteiger partial charge >= 0.3 is 5.97 Å². The summed E-state index contributed by atoms with van der Waals surface area (Å²) >= 11 is 0. The van der Waals surface area contributed by atoms with E-state index in [-0.39, 0.29) is 12.0 Å². The monoisotopic (exact) mass is 469 g/mol. The number of carbonyl (C=O) groups is 1. The van der Waals surface area contributed by atoms with Crippen LogP contribution in [0.4, 0.5) is 0 Å². The van der Waals surface area contributed by atoms with Crippen LogP contribution < -0.4 is 0 Å². The number of methoxy groups -OCH3 is 1. The fourth-order valence-corrected chi connectivity index (χ4v) is 3.60. The number of unbranched alkanes of at least 4 members (excludes halogenated alkanes) is 2. The third kappa shape index (κ3) is 13.9. The Morgan fingerprint density at radius 1 is 0.941 bits per heavy atom. The number of esters is 1. The molecule has 0 amide bonds. The van der Waals surface area contributed by atoms with Crippen LogP contribution in [0, 0.1) is 0 Å². The van der Waals surface area contributed by atoms with E-state index in [2.05, 4.69) is 41.8 Å². The van der Waals surface area contributed by atoms with E-state index in [0.717, 1.165) is 32.2 Å². The second-order valence-electron chi connectivity index (χ2n) is 8.53. The Kier molecular flexibility index (Phi) is 16.4. The molecule has 0 aliphatic rings. The molecule has 5 heteroatoms. The quantitative estimate of drug-likeness (QED) is 0.183. The second kappa shape index (κ2) is 18.9. The van der Waals surface area contributed by atoms with Gasteiger partial charge in [-0.05, 0) is 31.9 Å². The van der Waals surface area contributed by atoms with Crippen molar-refractivity contribution in [1.29, 1.82) is 0 Å². The van der Waals surface area contributed by atoms with Gasteiger partial charge in [0.1, 0.15) is 0 Å². The molecule has 0 bridgehead atoms. The molecule has 3 atom stereocenters. The Morgan fingerprint density at radius 2 is 1.59 bits per heavy atom. The molecule has 0 saturated heterocycles. The fourth-order valence-electron chi connectivity index (χ4n) is 3.60. The number of nitrogens with zero attached hydrogens (tertiary/aromatic N) is 1. The molecule has 0 aliphatic heterocycles. The highest BCUT2D eigenvalue weighted by Crippen LogP contribution is 2.15. The minimum absolute atomic E-state index is 0.0641. The number of benzene rings is 1. The van der Waals surface area contributed by atoms with Crippen LogP contribution in [0.25, 0.3) is 0 Å². The van der Waals surface area contributed by atoms with E-state index in [1.165, 1.54) is 12.7 Å². The first kappa shape index (κ1) is 29.6. The summed E-state index contributed by atoms with van der Waals surface area (Å²) in [6, 6.07) is 10.2. The van der Waals surface area contributed by atoms with Crippen molar-refractivity contribution in [2.24, 2.45) is 0 Å². The third-order valence-electron chi connectivity index (χ3n) is 5.59. The van der Waals surface area contributed by atoms with Gasteiger partial charge in [0, 0.05) is 13.0 Å². The van der Waals surface area contributed by atoms with Gasteiger partial charge in [0.25, 0.3) is 0 Å². The SMILES string of the molecule is CCCCC[C@@H](O)[C@@H](/C=C/C=C/C=C\C=C\[C@@H](O)CCCC(=O)OC)N(C)Cc1ccccc1. The highest BCUT2D eigenvalue weighted by molar-refractivity contribution is 5.68. The van der Waals surface area contributed by atoms with Gasteiger partial charge in [-0.1, -0.05) is 105 Å². The highest BCUT2D eigenvalue weighted by atomic mass is 16.5. The predicted octanol–water partition coefficient (Wildman–Crippen LogP) is 5.36. The standard InChI is InChI=1S/C29H43NO4/c1-4-5-11-22-28(32)27(30(2)24-25-17-12-10-13-18-25)21-15-9-7-6-8-14-19-26(31)20-16-23-29(33)34-3/h6-10,12-15,17-19,21,26-28,31-32H,4-5,11,16,20,22-24H2,1-3H3/b8-6-,9-7+,19-14+,21-15+/t26-,27-,28-/m1/s1. The van der Waals surface area contributed by atoms with Crippen molar-refractivity contribution in [3.63, 3.8) is 0 Å². The van der Waals surface area contributed by atoms with Gasteiger partial charge in [0.15, 0.2) is 0 Å². The lowest BCUT2D eigenvalue weighted by molar-refractivity contribution is -0.140. The number of likely N-dealkylation sites (N-methyl/N-ethyl adjacent to an activating group) is 1. The summed E-state index contributed by atoms with van der Waals surface area (Å²) in [6.45, 7) is 2.95. The van der Waals surface area contributed by atoms with Gasteiger partial charge < -0.3 is 14.9 Å². The molecule has 5 nitrogen and oxygen atoms in total. The number of carbonyl (C=O) groups excluding carboxylic acids is 1. The number of hydrogen-bond acceptors (Lipinski definition) is 5. The minimum Gasteiger partial charge on any atom is -0.469 e. The average molecular weight is 470 g/mol. The van der Waals surface area contributed by atoms with E-state index in [1.54, 1.807) is 12.2 Å². The average Bonchev–Trinajstić information content (AvgIpc) is 2.83. The van der Waals surface area contributed by atoms with Crippen LogP contribution >= 0.6 is 0 Å². The van der Waals surface area contributed by atoms with E-state index >= 15 is 0 Å². The molecule has 1 rings (SSSR count). The molecule has 0 aliphatic carbocycles. The number of aliphatic hydroxyl groups excluding tert-OH is 2. The molecule has 1 aromatic carbocycles. The summed E-state index contributed by atoms with van der Waals surface area (Å²) in [4.78, 5) is 13.3. The number of allylic oxidation sites excluding steroid dienone is 6.